The quantitative estimate of drug-likeness (QED) is 0.458. The predicted octanol–water partition coefficient (Wildman–Crippen LogP) is -1.46. The number of carbonyl (C=O) groups is 2. The highest BCUT2D eigenvalue weighted by Crippen LogP contribution is 2.30. The van der Waals surface area contributed by atoms with Crippen molar-refractivity contribution in [3.8, 4) is 0 Å². The van der Waals surface area contributed by atoms with Gasteiger partial charge in [0.05, 0.1) is 13.2 Å². The van der Waals surface area contributed by atoms with Crippen molar-refractivity contribution >= 4 is 12.1 Å². The number of carboxylic acid groups (broad SMARTS) is 1. The lowest BCUT2D eigenvalue weighted by atomic mass is 10.1. The molecule has 0 spiro atoms. The number of rotatable bonds is 5. The fraction of sp³-hybridized carbons (Fsp3) is 0.778. The second-order valence-electron chi connectivity index (χ2n) is 4.15. The summed E-state index contributed by atoms with van der Waals surface area (Å²) in [5, 5.41) is 19.7. The van der Waals surface area contributed by atoms with Crippen molar-refractivity contribution in [3.63, 3.8) is 0 Å². The molecule has 0 bridgehead atoms. The highest BCUT2D eigenvalue weighted by Gasteiger charge is 2.51. The first-order valence-corrected chi connectivity index (χ1v) is 5.68. The average Bonchev–Trinajstić information content (AvgIpc) is 2.91. The number of nitrogens with one attached hydrogen (secondary N) is 1. The molecular weight excluding hydrogens is 280 g/mol. The van der Waals surface area contributed by atoms with E-state index < -0.39 is 48.1 Å². The Bertz CT molecular complexity index is 414. The molecule has 0 saturated carbocycles. The number of aliphatic carboxylic acids is 1. The van der Waals surface area contributed by atoms with E-state index in [-0.39, 0.29) is 13.2 Å². The van der Waals surface area contributed by atoms with Crippen molar-refractivity contribution in [1.82, 2.24) is 5.32 Å². The monoisotopic (exact) mass is 292 g/mol. The van der Waals surface area contributed by atoms with E-state index in [1.807, 2.05) is 5.32 Å². The van der Waals surface area contributed by atoms with Crippen LogP contribution in [0.2, 0.25) is 0 Å². The molecule has 1 amide bonds. The molecule has 11 nitrogen and oxygen atoms in total. The van der Waals surface area contributed by atoms with Gasteiger partial charge in [-0.1, -0.05) is 0 Å². The molecule has 20 heavy (non-hydrogen) atoms. The Kier molecular flexibility index (Phi) is 4.20. The molecule has 0 aromatic carbocycles. The van der Waals surface area contributed by atoms with E-state index in [0.29, 0.717) is 0 Å². The number of ether oxygens (including phenoxy) is 3. The van der Waals surface area contributed by atoms with Crippen molar-refractivity contribution in [2.24, 2.45) is 0 Å². The molecule has 0 aromatic heterocycles. The van der Waals surface area contributed by atoms with E-state index in [9.17, 15) is 19.7 Å². The second kappa shape index (κ2) is 5.88. The van der Waals surface area contributed by atoms with Gasteiger partial charge in [-0.3, -0.25) is 4.79 Å². The minimum atomic E-state index is -1.21. The summed E-state index contributed by atoms with van der Waals surface area (Å²) < 4.78 is 15.4. The Hall–Kier alpha value is -2.14. The summed E-state index contributed by atoms with van der Waals surface area (Å²) in [5.41, 5.74) is 0. The van der Waals surface area contributed by atoms with Crippen LogP contribution in [0.5, 0.6) is 0 Å². The van der Waals surface area contributed by atoms with Gasteiger partial charge >= 0.3 is 12.1 Å². The van der Waals surface area contributed by atoms with Crippen LogP contribution < -0.4 is 5.32 Å². The predicted molar refractivity (Wildman–Crippen MR) is 57.3 cm³/mol. The van der Waals surface area contributed by atoms with Crippen molar-refractivity contribution in [2.75, 3.05) is 19.8 Å². The maximum atomic E-state index is 11.3. The summed E-state index contributed by atoms with van der Waals surface area (Å²) in [6.07, 6.45) is -3.93. The topological polar surface area (TPSA) is 146 Å². The Labute approximate surface area is 111 Å². The molecule has 0 aliphatic carbocycles. The van der Waals surface area contributed by atoms with Crippen molar-refractivity contribution in [1.29, 1.82) is 0 Å². The molecule has 2 heterocycles. The van der Waals surface area contributed by atoms with E-state index in [0.717, 1.165) is 0 Å². The average molecular weight is 292 g/mol. The summed E-state index contributed by atoms with van der Waals surface area (Å²) in [6, 6.07) is 0. The van der Waals surface area contributed by atoms with Gasteiger partial charge in [-0.25, -0.2) is 4.79 Å². The van der Waals surface area contributed by atoms with Crippen LogP contribution in [0.3, 0.4) is 0 Å². The van der Waals surface area contributed by atoms with Crippen LogP contribution in [0.15, 0.2) is 0 Å². The fourth-order valence-corrected chi connectivity index (χ4v) is 2.06. The van der Waals surface area contributed by atoms with Crippen LogP contribution in [0.25, 0.3) is 0 Å². The number of fused-ring (bicyclic) bond motifs is 1. The lowest BCUT2D eigenvalue weighted by Crippen LogP contribution is -2.39. The Balaban J connectivity index is 1.83. The van der Waals surface area contributed by atoms with E-state index in [1.54, 1.807) is 0 Å². The minimum Gasteiger partial charge on any atom is -0.480 e. The zero-order chi connectivity index (χ0) is 14.7. The van der Waals surface area contributed by atoms with Crippen LogP contribution in [0.1, 0.15) is 0 Å². The smallest absolute Gasteiger partial charge is 0.408 e. The molecule has 2 fully saturated rings. The maximum absolute atomic E-state index is 11.3. The molecule has 0 aromatic rings. The zero-order valence-corrected chi connectivity index (χ0v) is 10.1. The molecule has 11 heteroatoms. The lowest BCUT2D eigenvalue weighted by Gasteiger charge is -2.16. The van der Waals surface area contributed by atoms with Crippen LogP contribution in [-0.2, 0) is 23.8 Å². The number of hydrogen-bond donors (Lipinski definition) is 2. The van der Waals surface area contributed by atoms with Gasteiger partial charge in [0.1, 0.15) is 18.8 Å². The molecule has 2 saturated heterocycles. The third-order valence-electron chi connectivity index (χ3n) is 2.83. The summed E-state index contributed by atoms with van der Waals surface area (Å²) in [4.78, 5) is 36.2. The highest BCUT2D eigenvalue weighted by atomic mass is 17.0. The first kappa shape index (κ1) is 14.3. The first-order valence-electron chi connectivity index (χ1n) is 5.68. The number of amides is 1. The van der Waals surface area contributed by atoms with Gasteiger partial charge in [0.25, 0.3) is 5.09 Å². The van der Waals surface area contributed by atoms with Crippen LogP contribution >= 0.6 is 0 Å². The Morgan fingerprint density at radius 1 is 1.30 bits per heavy atom. The van der Waals surface area contributed by atoms with Gasteiger partial charge in [0.2, 0.25) is 0 Å². The fourth-order valence-electron chi connectivity index (χ4n) is 2.06. The maximum Gasteiger partial charge on any atom is 0.408 e. The van der Waals surface area contributed by atoms with Gasteiger partial charge in [0, 0.05) is 0 Å². The zero-order valence-electron chi connectivity index (χ0n) is 10.1. The van der Waals surface area contributed by atoms with E-state index in [2.05, 4.69) is 4.84 Å². The molecular formula is C9H12N2O9. The van der Waals surface area contributed by atoms with Gasteiger partial charge in [0.15, 0.2) is 12.2 Å². The molecule has 0 unspecified atom stereocenters. The van der Waals surface area contributed by atoms with Gasteiger partial charge in [-0.05, 0) is 0 Å². The van der Waals surface area contributed by atoms with E-state index >= 15 is 0 Å². The summed E-state index contributed by atoms with van der Waals surface area (Å²) in [5.74, 6) is -1.21. The standard InChI is InChI=1S/C9H12N2O9/c12-6(13)1-10-9(14)19-4-2-17-8-5(20-11(15)16)3-18-7(4)8/h4-5,7-8H,1-3H2,(H,10,14)(H,12,13)/t4-,5+,7+,8+/m0/s1. The molecule has 2 N–H and O–H groups in total. The van der Waals surface area contributed by atoms with Crippen molar-refractivity contribution < 1.29 is 38.8 Å². The molecule has 2 rings (SSSR count). The lowest BCUT2D eigenvalue weighted by molar-refractivity contribution is -0.769. The summed E-state index contributed by atoms with van der Waals surface area (Å²) >= 11 is 0. The van der Waals surface area contributed by atoms with E-state index in [1.165, 1.54) is 0 Å². The number of carboxylic acids is 1. The Morgan fingerprint density at radius 3 is 2.50 bits per heavy atom. The molecule has 2 aliphatic heterocycles. The van der Waals surface area contributed by atoms with Crippen LogP contribution in [-0.4, -0.2) is 66.4 Å². The van der Waals surface area contributed by atoms with Crippen LogP contribution in [0, 0.1) is 10.1 Å². The van der Waals surface area contributed by atoms with Gasteiger partial charge in [-0.15, -0.1) is 10.1 Å². The molecule has 4 atom stereocenters. The third kappa shape index (κ3) is 3.24. The first-order chi connectivity index (χ1) is 9.47. The summed E-state index contributed by atoms with van der Waals surface area (Å²) in [7, 11) is 0. The molecule has 2 aliphatic rings. The minimum absolute atomic E-state index is 0.00655. The summed E-state index contributed by atoms with van der Waals surface area (Å²) in [6.45, 7) is -0.630. The number of hydrogen-bond acceptors (Lipinski definition) is 8. The number of alkyl carbamates (subject to hydrolysis) is 1. The second-order valence-corrected chi connectivity index (χ2v) is 4.15. The number of carbonyl (C=O) groups excluding carboxylic acids is 1. The van der Waals surface area contributed by atoms with Crippen molar-refractivity contribution in [2.45, 2.75) is 24.4 Å². The SMILES string of the molecule is O=C(O)CNC(=O)O[C@H]1CO[C@H]2[C@@H]1OC[C@H]2O[N+](=O)[O-]. The van der Waals surface area contributed by atoms with E-state index in [4.69, 9.17) is 19.3 Å². The molecule has 112 valence electrons. The van der Waals surface area contributed by atoms with Crippen molar-refractivity contribution in [3.05, 3.63) is 10.1 Å². The molecule has 0 radical (unpaired) electrons. The van der Waals surface area contributed by atoms with Gasteiger partial charge < -0.3 is 29.5 Å². The largest absolute Gasteiger partial charge is 0.480 e. The third-order valence-corrected chi connectivity index (χ3v) is 2.83. The highest BCUT2D eigenvalue weighted by molar-refractivity contribution is 5.76. The Morgan fingerprint density at radius 2 is 1.90 bits per heavy atom. The van der Waals surface area contributed by atoms with Crippen LogP contribution in [0.4, 0.5) is 4.79 Å². The van der Waals surface area contributed by atoms with Gasteiger partial charge in [-0.2, -0.15) is 0 Å². The normalized spacial score (nSPS) is 31.4. The number of nitrogens with zero attached hydrogens (tertiary/aromatic N) is 1.